The summed E-state index contributed by atoms with van der Waals surface area (Å²) in [6, 6.07) is 18.5. The molecule has 1 heterocycles. The van der Waals surface area contributed by atoms with Gasteiger partial charge < -0.3 is 5.11 Å². The number of hydrogen-bond donors (Lipinski definition) is 1. The maximum Gasteiger partial charge on any atom is 0.128 e. The summed E-state index contributed by atoms with van der Waals surface area (Å²) in [4.78, 5) is 8.93. The minimum Gasteiger partial charge on any atom is -0.507 e. The Balaban J connectivity index is 1.52. The van der Waals surface area contributed by atoms with Crippen molar-refractivity contribution in [3.05, 3.63) is 82.3 Å². The van der Waals surface area contributed by atoms with Gasteiger partial charge in [-0.3, -0.25) is 4.99 Å². The van der Waals surface area contributed by atoms with Crippen LogP contribution in [0, 0.1) is 0 Å². The SMILES string of the molecule is Oc1cc(N=C/C=C/c2ccc(Cl)cc2Cl)ccc1-c1nc2ccccc2s1. The maximum atomic E-state index is 10.4. The van der Waals surface area contributed by atoms with Gasteiger partial charge in [0.15, 0.2) is 0 Å². The number of para-hydroxylation sites is 1. The molecule has 4 aromatic rings. The minimum absolute atomic E-state index is 0.151. The Morgan fingerprint density at radius 3 is 2.64 bits per heavy atom. The summed E-state index contributed by atoms with van der Waals surface area (Å²) < 4.78 is 1.09. The molecule has 0 atom stereocenters. The zero-order valence-electron chi connectivity index (χ0n) is 14.5. The van der Waals surface area contributed by atoms with Crippen molar-refractivity contribution >= 4 is 62.7 Å². The molecule has 6 heteroatoms. The van der Waals surface area contributed by atoms with E-state index < -0.39 is 0 Å². The predicted octanol–water partition coefficient (Wildman–Crippen LogP) is 7.39. The van der Waals surface area contributed by atoms with Crippen LogP contribution in [0.25, 0.3) is 26.9 Å². The van der Waals surface area contributed by atoms with Crippen LogP contribution in [0.4, 0.5) is 5.69 Å². The third-order valence-electron chi connectivity index (χ3n) is 4.05. The van der Waals surface area contributed by atoms with Crippen LogP contribution < -0.4 is 0 Å². The fraction of sp³-hybridized carbons (Fsp3) is 0. The van der Waals surface area contributed by atoms with Crippen LogP contribution in [-0.2, 0) is 0 Å². The Kier molecular flexibility index (Phi) is 5.44. The fourth-order valence-electron chi connectivity index (χ4n) is 2.68. The van der Waals surface area contributed by atoms with Crippen molar-refractivity contribution < 1.29 is 5.11 Å². The molecule has 0 aliphatic rings. The fourth-order valence-corrected chi connectivity index (χ4v) is 4.15. The van der Waals surface area contributed by atoms with Crippen molar-refractivity contribution in [1.82, 2.24) is 4.98 Å². The van der Waals surface area contributed by atoms with E-state index in [0.717, 1.165) is 20.8 Å². The zero-order chi connectivity index (χ0) is 19.5. The van der Waals surface area contributed by atoms with Crippen molar-refractivity contribution in [2.24, 2.45) is 4.99 Å². The first-order valence-corrected chi connectivity index (χ1v) is 10.0. The lowest BCUT2D eigenvalue weighted by Crippen LogP contribution is -1.78. The number of nitrogens with zero attached hydrogens (tertiary/aromatic N) is 2. The molecule has 0 radical (unpaired) electrons. The standard InChI is InChI=1S/C22H14Cl2N2OS/c23-15-8-7-14(18(24)12-15)4-3-11-25-16-9-10-17(20(27)13-16)22-26-19-5-1-2-6-21(19)28-22/h1-13,27H/b4-3+,25-11?. The molecule has 28 heavy (non-hydrogen) atoms. The highest BCUT2D eigenvalue weighted by Crippen LogP contribution is 2.37. The molecule has 138 valence electrons. The predicted molar refractivity (Wildman–Crippen MR) is 120 cm³/mol. The highest BCUT2D eigenvalue weighted by atomic mass is 35.5. The number of aromatic hydroxyl groups is 1. The molecule has 1 aromatic heterocycles. The number of aromatic nitrogens is 1. The summed E-state index contributed by atoms with van der Waals surface area (Å²) in [6.45, 7) is 0. The lowest BCUT2D eigenvalue weighted by molar-refractivity contribution is 0.477. The number of hydrogen-bond acceptors (Lipinski definition) is 4. The number of benzene rings is 3. The second kappa shape index (κ2) is 8.15. The summed E-state index contributed by atoms with van der Waals surface area (Å²) in [5.74, 6) is 0.151. The van der Waals surface area contributed by atoms with Gasteiger partial charge in [0.25, 0.3) is 0 Å². The Labute approximate surface area is 176 Å². The first kappa shape index (κ1) is 18.7. The number of thiazole rings is 1. The summed E-state index contributed by atoms with van der Waals surface area (Å²) in [5.41, 5.74) is 3.12. The molecule has 0 fully saturated rings. The van der Waals surface area contributed by atoms with E-state index in [1.54, 1.807) is 41.8 Å². The van der Waals surface area contributed by atoms with Crippen LogP contribution in [-0.4, -0.2) is 16.3 Å². The van der Waals surface area contributed by atoms with Gasteiger partial charge in [-0.2, -0.15) is 0 Å². The van der Waals surface area contributed by atoms with Crippen molar-refractivity contribution in [2.75, 3.05) is 0 Å². The quantitative estimate of drug-likeness (QED) is 0.347. The number of aliphatic imine (C=N–C) groups is 1. The van der Waals surface area contributed by atoms with Crippen molar-refractivity contribution in [3.63, 3.8) is 0 Å². The van der Waals surface area contributed by atoms with Gasteiger partial charge in [-0.15, -0.1) is 11.3 Å². The molecule has 0 unspecified atom stereocenters. The van der Waals surface area contributed by atoms with Crippen LogP contribution in [0.3, 0.4) is 0 Å². The van der Waals surface area contributed by atoms with E-state index in [4.69, 9.17) is 23.2 Å². The van der Waals surface area contributed by atoms with Crippen molar-refractivity contribution in [1.29, 1.82) is 0 Å². The molecule has 0 aliphatic carbocycles. The molecule has 0 saturated carbocycles. The molecule has 3 nitrogen and oxygen atoms in total. The number of fused-ring (bicyclic) bond motifs is 1. The summed E-state index contributed by atoms with van der Waals surface area (Å²) in [6.07, 6.45) is 5.28. The highest BCUT2D eigenvalue weighted by molar-refractivity contribution is 7.21. The molecule has 0 saturated heterocycles. The summed E-state index contributed by atoms with van der Waals surface area (Å²) in [5, 5.41) is 12.4. The average molecular weight is 425 g/mol. The van der Waals surface area contributed by atoms with Crippen LogP contribution in [0.2, 0.25) is 10.0 Å². The Morgan fingerprint density at radius 2 is 1.86 bits per heavy atom. The molecular formula is C22H14Cl2N2OS. The van der Waals surface area contributed by atoms with Crippen LogP contribution in [0.15, 0.2) is 71.7 Å². The van der Waals surface area contributed by atoms with E-state index in [1.165, 1.54) is 0 Å². The molecule has 1 N–H and O–H groups in total. The van der Waals surface area contributed by atoms with Crippen LogP contribution in [0.1, 0.15) is 5.56 Å². The van der Waals surface area contributed by atoms with Crippen molar-refractivity contribution in [2.45, 2.75) is 0 Å². The van der Waals surface area contributed by atoms with Gasteiger partial charge in [0.1, 0.15) is 10.8 Å². The third kappa shape index (κ3) is 4.09. The monoisotopic (exact) mass is 424 g/mol. The maximum absolute atomic E-state index is 10.4. The number of phenols is 1. The molecule has 0 bridgehead atoms. The highest BCUT2D eigenvalue weighted by Gasteiger charge is 2.10. The molecule has 0 aliphatic heterocycles. The van der Waals surface area contributed by atoms with E-state index in [2.05, 4.69) is 9.98 Å². The second-order valence-electron chi connectivity index (χ2n) is 5.99. The van der Waals surface area contributed by atoms with Crippen LogP contribution >= 0.6 is 34.5 Å². The normalized spacial score (nSPS) is 11.8. The first-order valence-electron chi connectivity index (χ1n) is 8.45. The van der Waals surface area contributed by atoms with Crippen LogP contribution in [0.5, 0.6) is 5.75 Å². The number of phenolic OH excluding ortho intramolecular Hbond substituents is 1. The zero-order valence-corrected chi connectivity index (χ0v) is 16.8. The Bertz CT molecular complexity index is 1180. The average Bonchev–Trinajstić information content (AvgIpc) is 3.10. The second-order valence-corrected chi connectivity index (χ2v) is 7.87. The van der Waals surface area contributed by atoms with Gasteiger partial charge in [-0.25, -0.2) is 4.98 Å². The summed E-state index contributed by atoms with van der Waals surface area (Å²) in [7, 11) is 0. The van der Waals surface area contributed by atoms with Gasteiger partial charge >= 0.3 is 0 Å². The molecule has 3 aromatic carbocycles. The molecule has 4 rings (SSSR count). The van der Waals surface area contributed by atoms with Gasteiger partial charge in [0, 0.05) is 22.3 Å². The van der Waals surface area contributed by atoms with Gasteiger partial charge in [0.2, 0.25) is 0 Å². The van der Waals surface area contributed by atoms with Gasteiger partial charge in [0.05, 0.1) is 21.5 Å². The molecule has 0 spiro atoms. The minimum atomic E-state index is 0.151. The number of halogens is 2. The topological polar surface area (TPSA) is 45.5 Å². The van der Waals surface area contributed by atoms with Gasteiger partial charge in [-0.1, -0.05) is 47.5 Å². The largest absolute Gasteiger partial charge is 0.507 e. The lowest BCUT2D eigenvalue weighted by Gasteiger charge is -2.01. The van der Waals surface area contributed by atoms with Gasteiger partial charge in [-0.05, 0) is 48.0 Å². The summed E-state index contributed by atoms with van der Waals surface area (Å²) >= 11 is 13.6. The van der Waals surface area contributed by atoms with E-state index in [-0.39, 0.29) is 5.75 Å². The Morgan fingerprint density at radius 1 is 1.00 bits per heavy atom. The Hall–Kier alpha value is -2.66. The van der Waals surface area contributed by atoms with E-state index in [9.17, 15) is 5.11 Å². The van der Waals surface area contributed by atoms with Crippen molar-refractivity contribution in [3.8, 4) is 16.3 Å². The van der Waals surface area contributed by atoms with E-state index >= 15 is 0 Å². The third-order valence-corrected chi connectivity index (χ3v) is 5.69. The lowest BCUT2D eigenvalue weighted by atomic mass is 10.2. The number of allylic oxidation sites excluding steroid dienone is 1. The molecule has 0 amide bonds. The number of rotatable bonds is 4. The first-order chi connectivity index (χ1) is 13.6. The molecular weight excluding hydrogens is 411 g/mol. The van der Waals surface area contributed by atoms with E-state index in [1.807, 2.05) is 48.5 Å². The smallest absolute Gasteiger partial charge is 0.128 e. The van der Waals surface area contributed by atoms with E-state index in [0.29, 0.717) is 21.3 Å².